The number of carbonyl (C=O) groups is 1. The Labute approximate surface area is 232 Å². The van der Waals surface area contributed by atoms with Gasteiger partial charge in [-0.1, -0.05) is 30.4 Å². The van der Waals surface area contributed by atoms with Crippen LogP contribution in [0.3, 0.4) is 0 Å². The normalized spacial score (nSPS) is 19.2. The highest BCUT2D eigenvalue weighted by molar-refractivity contribution is 7.51. The molecule has 0 amide bonds. The molecule has 2 aromatic heterocycles. The van der Waals surface area contributed by atoms with E-state index in [-0.39, 0.29) is 37.0 Å². The topological polar surface area (TPSA) is 164 Å². The maximum Gasteiger partial charge on any atom is 0.462 e. The van der Waals surface area contributed by atoms with Gasteiger partial charge in [-0.25, -0.2) is 9.55 Å². The highest BCUT2D eigenvalue weighted by Gasteiger charge is 2.44. The fraction of sp³-hybridized carbons (Fsp3) is 0.462. The zero-order valence-corrected chi connectivity index (χ0v) is 23.8. The van der Waals surface area contributed by atoms with Gasteiger partial charge in [-0.3, -0.25) is 9.32 Å². The quantitative estimate of drug-likeness (QED) is 0.162. The summed E-state index contributed by atoms with van der Waals surface area (Å²) in [5.41, 5.74) is 6.94. The number of hydrogen-bond donors (Lipinski definition) is 2. The largest absolute Gasteiger partial charge is 0.480 e. The Morgan fingerprint density at radius 3 is 2.62 bits per heavy atom. The number of aromatic nitrogens is 4. The summed E-state index contributed by atoms with van der Waals surface area (Å²) in [5.74, 6) is -0.612. The fourth-order valence-electron chi connectivity index (χ4n) is 4.55. The number of fused-ring (bicyclic) bond motifs is 1. The predicted molar refractivity (Wildman–Crippen MR) is 148 cm³/mol. The number of allylic oxidation sites excluding steroid dienone is 1. The van der Waals surface area contributed by atoms with Gasteiger partial charge < -0.3 is 29.4 Å². The number of carboxylic acid groups (broad SMARTS) is 1. The first-order valence-corrected chi connectivity index (χ1v) is 14.4. The third-order valence-corrected chi connectivity index (χ3v) is 8.71. The van der Waals surface area contributed by atoms with E-state index in [2.05, 4.69) is 15.0 Å². The van der Waals surface area contributed by atoms with Crippen molar-refractivity contribution in [2.24, 2.45) is 5.92 Å². The third-order valence-electron chi connectivity index (χ3n) is 6.42. The number of aliphatic carboxylic acids is 1. The van der Waals surface area contributed by atoms with E-state index in [0.29, 0.717) is 29.9 Å². The van der Waals surface area contributed by atoms with Crippen molar-refractivity contribution in [2.75, 3.05) is 32.7 Å². The van der Waals surface area contributed by atoms with Gasteiger partial charge in [0.15, 0.2) is 11.2 Å². The van der Waals surface area contributed by atoms with Crippen molar-refractivity contribution in [1.82, 2.24) is 24.2 Å². The molecule has 0 saturated carbocycles. The minimum Gasteiger partial charge on any atom is -0.480 e. The van der Waals surface area contributed by atoms with E-state index in [1.54, 1.807) is 57.6 Å². The molecule has 3 N–H and O–H groups in total. The molecule has 1 aliphatic rings. The van der Waals surface area contributed by atoms with Crippen LogP contribution in [0.1, 0.15) is 33.2 Å². The Kier molecular flexibility index (Phi) is 9.41. The molecule has 4 rings (SSSR count). The van der Waals surface area contributed by atoms with Crippen LogP contribution in [-0.2, 0) is 18.6 Å². The van der Waals surface area contributed by atoms with Gasteiger partial charge in [0.25, 0.3) is 0 Å². The van der Waals surface area contributed by atoms with Crippen molar-refractivity contribution >= 4 is 30.8 Å². The maximum absolute atomic E-state index is 14.2. The average molecular weight is 575 g/mol. The Balaban J connectivity index is 1.52. The number of carboxylic acids is 1. The number of methoxy groups -OCH3 is 1. The molecule has 3 aromatic rings. The molecule has 0 fully saturated rings. The second-order valence-electron chi connectivity index (χ2n) is 9.66. The fourth-order valence-corrected chi connectivity index (χ4v) is 6.69. The first kappa shape index (κ1) is 29.5. The Bertz CT molecular complexity index is 1380. The first-order valence-electron chi connectivity index (χ1n) is 12.9. The predicted octanol–water partition coefficient (Wildman–Crippen LogP) is 3.94. The number of ether oxygens (including phenoxy) is 2. The van der Waals surface area contributed by atoms with E-state index in [9.17, 15) is 14.5 Å². The molecule has 0 aliphatic heterocycles. The molecule has 0 spiro atoms. The maximum atomic E-state index is 14.2. The summed E-state index contributed by atoms with van der Waals surface area (Å²) in [4.78, 5) is 24.9. The molecule has 4 atom stereocenters. The van der Waals surface area contributed by atoms with Gasteiger partial charge in [-0.2, -0.15) is 14.6 Å². The molecular weight excluding hydrogens is 539 g/mol. The smallest absolute Gasteiger partial charge is 0.462 e. The van der Waals surface area contributed by atoms with Gasteiger partial charge in [0, 0.05) is 19.1 Å². The Morgan fingerprint density at radius 2 is 1.95 bits per heavy atom. The van der Waals surface area contributed by atoms with E-state index in [0.717, 1.165) is 0 Å². The zero-order chi connectivity index (χ0) is 28.9. The number of nitrogens with zero attached hydrogens (tertiary/aromatic N) is 5. The van der Waals surface area contributed by atoms with E-state index in [4.69, 9.17) is 24.3 Å². The molecule has 40 heavy (non-hydrogen) atoms. The molecule has 14 heteroatoms. The summed E-state index contributed by atoms with van der Waals surface area (Å²) in [6, 6.07) is 6.91. The molecule has 0 bridgehead atoms. The van der Waals surface area contributed by atoms with Crippen molar-refractivity contribution in [3.8, 4) is 11.6 Å². The number of nitrogens with two attached hydrogens (primary N) is 1. The number of anilines is 1. The van der Waals surface area contributed by atoms with E-state index < -0.39 is 25.8 Å². The number of imidazole rings is 1. The Morgan fingerprint density at radius 1 is 1.20 bits per heavy atom. The number of benzene rings is 1. The van der Waals surface area contributed by atoms with E-state index in [1.807, 2.05) is 16.7 Å². The molecule has 216 valence electrons. The van der Waals surface area contributed by atoms with Crippen molar-refractivity contribution in [2.45, 2.75) is 45.3 Å². The van der Waals surface area contributed by atoms with Gasteiger partial charge in [0.1, 0.15) is 18.4 Å². The zero-order valence-electron chi connectivity index (χ0n) is 22.9. The average Bonchev–Trinajstić information content (AvgIpc) is 3.55. The van der Waals surface area contributed by atoms with Gasteiger partial charge in [0.05, 0.1) is 25.6 Å². The molecule has 1 unspecified atom stereocenters. The SMILES string of the molecule is COCCOc1nc(N)nc2c1ncn2[C@H]1C=C[C@@H](CO[P@@](=O)(Oc2ccccc2)N(C(C)C)C(C)C(=O)O)C1. The highest BCUT2D eigenvalue weighted by Crippen LogP contribution is 2.55. The molecular formula is C26H35N6O7P. The first-order chi connectivity index (χ1) is 19.1. The molecule has 1 aromatic carbocycles. The van der Waals surface area contributed by atoms with Crippen LogP contribution in [-0.4, -0.2) is 74.3 Å². The van der Waals surface area contributed by atoms with E-state index >= 15 is 0 Å². The van der Waals surface area contributed by atoms with Crippen LogP contribution < -0.4 is 15.0 Å². The molecule has 2 heterocycles. The number of nitrogen functional groups attached to an aromatic ring is 1. The second-order valence-corrected chi connectivity index (χ2v) is 11.5. The third kappa shape index (κ3) is 6.61. The molecule has 0 saturated heterocycles. The van der Waals surface area contributed by atoms with Crippen LogP contribution >= 0.6 is 7.75 Å². The van der Waals surface area contributed by atoms with Crippen molar-refractivity contribution in [1.29, 1.82) is 0 Å². The lowest BCUT2D eigenvalue weighted by molar-refractivity contribution is -0.141. The van der Waals surface area contributed by atoms with Crippen molar-refractivity contribution in [3.05, 3.63) is 48.8 Å². The summed E-state index contributed by atoms with van der Waals surface area (Å²) in [5, 5.41) is 9.71. The summed E-state index contributed by atoms with van der Waals surface area (Å²) in [6.07, 6.45) is 6.20. The van der Waals surface area contributed by atoms with Crippen LogP contribution in [0.4, 0.5) is 5.95 Å². The standard InChI is InChI=1S/C26H35N6O7P/c1-17(2)32(18(3)25(33)34)40(35,39-21-8-6-5-7-9-21)38-15-19-10-11-20(14-19)31-16-28-22-23(31)29-26(27)30-24(22)37-13-12-36-4/h5-11,16-20H,12-15H2,1-4H3,(H,33,34)(H2,27,29,30)/t18?,19-,20+,40-/m1/s1. The van der Waals surface area contributed by atoms with Crippen LogP contribution in [0.2, 0.25) is 0 Å². The number of hydrogen-bond acceptors (Lipinski definition) is 10. The summed E-state index contributed by atoms with van der Waals surface area (Å²) >= 11 is 0. The van der Waals surface area contributed by atoms with Crippen molar-refractivity contribution < 1.29 is 33.0 Å². The van der Waals surface area contributed by atoms with Crippen LogP contribution in [0, 0.1) is 5.92 Å². The van der Waals surface area contributed by atoms with E-state index in [1.165, 1.54) is 11.6 Å². The van der Waals surface area contributed by atoms with Gasteiger partial charge in [-0.05, 0) is 39.3 Å². The number of rotatable bonds is 14. The minimum atomic E-state index is -4.08. The minimum absolute atomic E-state index is 0.0435. The van der Waals surface area contributed by atoms with Gasteiger partial charge >= 0.3 is 13.7 Å². The van der Waals surface area contributed by atoms with Crippen LogP contribution in [0.5, 0.6) is 11.6 Å². The van der Waals surface area contributed by atoms with Crippen molar-refractivity contribution in [3.63, 3.8) is 0 Å². The lowest BCUT2D eigenvalue weighted by Gasteiger charge is -2.35. The van der Waals surface area contributed by atoms with Crippen LogP contribution in [0.25, 0.3) is 11.2 Å². The molecule has 0 radical (unpaired) electrons. The molecule has 1 aliphatic carbocycles. The Hall–Kier alpha value is -3.51. The second kappa shape index (κ2) is 12.8. The van der Waals surface area contributed by atoms with Gasteiger partial charge in [-0.15, -0.1) is 0 Å². The van der Waals surface area contributed by atoms with Crippen LogP contribution in [0.15, 0.2) is 48.8 Å². The molecule has 13 nitrogen and oxygen atoms in total. The summed E-state index contributed by atoms with van der Waals surface area (Å²) < 4.78 is 40.0. The highest BCUT2D eigenvalue weighted by atomic mass is 31.2. The summed E-state index contributed by atoms with van der Waals surface area (Å²) in [7, 11) is -2.50. The monoisotopic (exact) mass is 574 g/mol. The lowest BCUT2D eigenvalue weighted by Crippen LogP contribution is -2.42. The van der Waals surface area contributed by atoms with Gasteiger partial charge in [0.2, 0.25) is 11.8 Å². The summed E-state index contributed by atoms with van der Waals surface area (Å²) in [6.45, 7) is 5.68. The number of para-hydroxylation sites is 1. The lowest BCUT2D eigenvalue weighted by atomic mass is 10.1.